The molecule has 10 rings (SSSR count). The summed E-state index contributed by atoms with van der Waals surface area (Å²) in [6, 6.07) is 15.0. The number of aromatic nitrogens is 2. The number of ether oxygens (including phenoxy) is 3. The quantitative estimate of drug-likeness (QED) is 0.375. The van der Waals surface area contributed by atoms with Crippen molar-refractivity contribution in [3.8, 4) is 17.2 Å². The number of benzene rings is 2. The van der Waals surface area contributed by atoms with E-state index >= 15 is 0 Å². The Morgan fingerprint density at radius 2 is 1.86 bits per heavy atom. The molecule has 5 atom stereocenters. The lowest BCUT2D eigenvalue weighted by Crippen LogP contribution is -2.72. The number of nitrogens with zero attached hydrogens (tertiary/aromatic N) is 4. The van der Waals surface area contributed by atoms with Crippen LogP contribution in [0.4, 0.5) is 0 Å². The second-order valence-electron chi connectivity index (χ2n) is 13.9. The topological polar surface area (TPSA) is 77.0 Å². The van der Waals surface area contributed by atoms with Crippen molar-refractivity contribution < 1.29 is 19.0 Å². The van der Waals surface area contributed by atoms with Crippen molar-refractivity contribution in [2.24, 2.45) is 11.3 Å². The number of hydrogen-bond donors (Lipinski definition) is 0. The fraction of sp³-hybridized carbons (Fsp3) is 0.528. The number of hydrogen-bond acceptors (Lipinski definition) is 7. The van der Waals surface area contributed by atoms with Gasteiger partial charge >= 0.3 is 0 Å². The van der Waals surface area contributed by atoms with E-state index in [0.29, 0.717) is 24.2 Å². The van der Waals surface area contributed by atoms with Crippen LogP contribution in [0.25, 0.3) is 0 Å². The molecular formula is C36H40N4O4. The molecule has 2 saturated carbocycles. The fourth-order valence-electron chi connectivity index (χ4n) is 9.93. The fourth-order valence-corrected chi connectivity index (χ4v) is 9.93. The minimum absolute atomic E-state index is 0.0327. The first-order valence-electron chi connectivity index (χ1n) is 16.5. The molecule has 4 bridgehead atoms. The molecule has 2 aromatic carbocycles. The predicted octanol–water partition coefficient (Wildman–Crippen LogP) is 4.73. The summed E-state index contributed by atoms with van der Waals surface area (Å²) in [7, 11) is 1.75. The number of piperidine rings is 1. The number of likely N-dealkylation sites (tertiary alicyclic amines) is 1. The zero-order valence-corrected chi connectivity index (χ0v) is 25.4. The smallest absolute Gasteiger partial charge is 0.230 e. The summed E-state index contributed by atoms with van der Waals surface area (Å²) in [6.07, 6.45) is 11.6. The van der Waals surface area contributed by atoms with Gasteiger partial charge in [-0.05, 0) is 74.6 Å². The van der Waals surface area contributed by atoms with Gasteiger partial charge in [-0.1, -0.05) is 36.4 Å². The maximum Gasteiger partial charge on any atom is 0.230 e. The number of fused-ring (bicyclic) bond motifs is 3. The SMILES string of the molecule is COc1ccc2c3c1O[C@H]1[C@H]4CC[C@@]5(CCN4C(=O)Cc4ncc(OCc6ccccc6)cn4)[C@H](C2)N(CC2CC2)CC[C@]315. The van der Waals surface area contributed by atoms with Crippen LogP contribution in [0.2, 0.25) is 0 Å². The normalized spacial score (nSPS) is 31.2. The molecule has 3 aliphatic carbocycles. The van der Waals surface area contributed by atoms with Gasteiger partial charge in [-0.3, -0.25) is 9.69 Å². The number of rotatable bonds is 8. The van der Waals surface area contributed by atoms with Gasteiger partial charge in [-0.2, -0.15) is 0 Å². The van der Waals surface area contributed by atoms with Gasteiger partial charge in [0, 0.05) is 35.5 Å². The third-order valence-electron chi connectivity index (χ3n) is 12.0. The van der Waals surface area contributed by atoms with E-state index in [2.05, 4.69) is 31.9 Å². The lowest BCUT2D eigenvalue weighted by Gasteiger charge is -2.66. The molecule has 3 aromatic rings. The lowest BCUT2D eigenvalue weighted by molar-refractivity contribution is -0.143. The molecule has 1 amide bonds. The Morgan fingerprint density at radius 3 is 2.66 bits per heavy atom. The largest absolute Gasteiger partial charge is 0.493 e. The molecule has 5 fully saturated rings. The minimum Gasteiger partial charge on any atom is -0.493 e. The van der Waals surface area contributed by atoms with E-state index in [1.165, 1.54) is 30.5 Å². The Labute approximate surface area is 258 Å². The molecule has 8 nitrogen and oxygen atoms in total. The van der Waals surface area contributed by atoms with Gasteiger partial charge in [0.25, 0.3) is 0 Å². The van der Waals surface area contributed by atoms with Crippen LogP contribution < -0.4 is 14.2 Å². The molecule has 5 heterocycles. The molecular weight excluding hydrogens is 552 g/mol. The van der Waals surface area contributed by atoms with Crippen LogP contribution in [-0.4, -0.2) is 70.6 Å². The van der Waals surface area contributed by atoms with E-state index in [1.807, 2.05) is 30.3 Å². The van der Waals surface area contributed by atoms with Crippen molar-refractivity contribution in [2.45, 2.75) is 81.6 Å². The molecule has 7 aliphatic rings. The van der Waals surface area contributed by atoms with Crippen LogP contribution in [-0.2, 0) is 29.7 Å². The summed E-state index contributed by atoms with van der Waals surface area (Å²) in [6.45, 7) is 3.56. The molecule has 3 saturated heterocycles. The molecule has 0 radical (unpaired) electrons. The number of methoxy groups -OCH3 is 1. The summed E-state index contributed by atoms with van der Waals surface area (Å²) in [4.78, 5) is 28.2. The maximum atomic E-state index is 14.1. The Morgan fingerprint density at radius 1 is 1.02 bits per heavy atom. The second kappa shape index (κ2) is 9.93. The van der Waals surface area contributed by atoms with E-state index in [4.69, 9.17) is 14.2 Å². The van der Waals surface area contributed by atoms with Crippen molar-refractivity contribution in [3.05, 3.63) is 77.4 Å². The van der Waals surface area contributed by atoms with Crippen molar-refractivity contribution in [1.29, 1.82) is 0 Å². The van der Waals surface area contributed by atoms with E-state index < -0.39 is 0 Å². The van der Waals surface area contributed by atoms with E-state index in [1.54, 1.807) is 19.5 Å². The zero-order chi connectivity index (χ0) is 29.5. The first-order valence-corrected chi connectivity index (χ1v) is 16.5. The first kappa shape index (κ1) is 26.7. The summed E-state index contributed by atoms with van der Waals surface area (Å²) in [5.74, 6) is 3.87. The average Bonchev–Trinajstić information content (AvgIpc) is 3.85. The summed E-state index contributed by atoms with van der Waals surface area (Å²) in [5.41, 5.74) is 3.98. The Kier molecular flexibility index (Phi) is 6.03. The molecule has 2 spiro atoms. The zero-order valence-electron chi connectivity index (χ0n) is 25.4. The van der Waals surface area contributed by atoms with Crippen molar-refractivity contribution >= 4 is 5.91 Å². The molecule has 228 valence electrons. The molecule has 0 unspecified atom stereocenters. The first-order chi connectivity index (χ1) is 21.6. The highest BCUT2D eigenvalue weighted by molar-refractivity contribution is 5.79. The average molecular weight is 593 g/mol. The standard InChI is InChI=1S/C36H40N4O4/c1-42-28-10-9-25-17-29-35-12-11-27(34-36(35,32(25)33(28)44-34)14-15-39(29)21-23-7-8-23)40(16-13-35)31(41)18-30-37-19-26(20-38-30)43-22-24-5-3-2-4-6-24/h2-6,9-10,19-20,23,27,29,34H,7-8,11-18,21-22H2,1H3/t27-,29+,34+,35-,36+/m1/s1. The van der Waals surface area contributed by atoms with Gasteiger partial charge in [0.1, 0.15) is 18.5 Å². The van der Waals surface area contributed by atoms with E-state index in [-0.39, 0.29) is 35.3 Å². The maximum absolute atomic E-state index is 14.1. The summed E-state index contributed by atoms with van der Waals surface area (Å²) < 4.78 is 18.8. The Hall–Kier alpha value is -3.65. The van der Waals surface area contributed by atoms with Crippen LogP contribution in [0.5, 0.6) is 17.2 Å². The van der Waals surface area contributed by atoms with Crippen molar-refractivity contribution in [3.63, 3.8) is 0 Å². The van der Waals surface area contributed by atoms with Crippen LogP contribution in [0.1, 0.15) is 61.0 Å². The number of amides is 1. The summed E-state index contributed by atoms with van der Waals surface area (Å²) in [5, 5.41) is 0. The second-order valence-corrected chi connectivity index (χ2v) is 13.9. The van der Waals surface area contributed by atoms with Gasteiger partial charge in [0.15, 0.2) is 17.2 Å². The molecule has 4 aliphatic heterocycles. The molecule has 8 heteroatoms. The third kappa shape index (κ3) is 3.82. The highest BCUT2D eigenvalue weighted by atomic mass is 16.5. The number of carbonyl (C=O) groups excluding carboxylic acids is 1. The van der Waals surface area contributed by atoms with Crippen molar-refractivity contribution in [1.82, 2.24) is 19.8 Å². The number of carbonyl (C=O) groups is 1. The minimum atomic E-state index is -0.0681. The monoisotopic (exact) mass is 592 g/mol. The van der Waals surface area contributed by atoms with Crippen LogP contribution in [0, 0.1) is 11.3 Å². The predicted molar refractivity (Wildman–Crippen MR) is 164 cm³/mol. The van der Waals surface area contributed by atoms with Crippen LogP contribution >= 0.6 is 0 Å². The Bertz CT molecular complexity index is 1590. The van der Waals surface area contributed by atoms with E-state index in [0.717, 1.165) is 68.2 Å². The van der Waals surface area contributed by atoms with Gasteiger partial charge in [0.05, 0.1) is 32.0 Å². The van der Waals surface area contributed by atoms with Crippen LogP contribution in [0.15, 0.2) is 54.9 Å². The van der Waals surface area contributed by atoms with Crippen LogP contribution in [0.3, 0.4) is 0 Å². The summed E-state index contributed by atoms with van der Waals surface area (Å²) >= 11 is 0. The van der Waals surface area contributed by atoms with Gasteiger partial charge in [-0.15, -0.1) is 0 Å². The van der Waals surface area contributed by atoms with Gasteiger partial charge in [-0.25, -0.2) is 9.97 Å². The van der Waals surface area contributed by atoms with Crippen molar-refractivity contribution in [2.75, 3.05) is 26.7 Å². The highest BCUT2D eigenvalue weighted by Crippen LogP contribution is 2.71. The highest BCUT2D eigenvalue weighted by Gasteiger charge is 2.74. The molecule has 44 heavy (non-hydrogen) atoms. The van der Waals surface area contributed by atoms with Gasteiger partial charge < -0.3 is 19.1 Å². The van der Waals surface area contributed by atoms with E-state index in [9.17, 15) is 4.79 Å². The molecule has 0 N–H and O–H groups in total. The molecule has 1 aromatic heterocycles. The van der Waals surface area contributed by atoms with Gasteiger partial charge in [0.2, 0.25) is 5.91 Å². The third-order valence-corrected chi connectivity index (χ3v) is 12.0. The Balaban J connectivity index is 1.01. The lowest BCUT2D eigenvalue weighted by atomic mass is 9.42.